The summed E-state index contributed by atoms with van der Waals surface area (Å²) in [6, 6.07) is 0. The van der Waals surface area contributed by atoms with E-state index >= 15 is 0 Å². The molecule has 0 saturated heterocycles. The van der Waals surface area contributed by atoms with Crippen LogP contribution in [0.25, 0.3) is 0 Å². The Bertz CT molecular complexity index is 470. The summed E-state index contributed by atoms with van der Waals surface area (Å²) in [6.45, 7) is 9.86. The number of nitrogens with zero attached hydrogens (tertiary/aromatic N) is 2. The number of allylic oxidation sites excluding steroid dienone is 3. The molecule has 0 aliphatic carbocycles. The minimum Gasteiger partial charge on any atom is -0.497 e. The second-order valence-corrected chi connectivity index (χ2v) is 3.59. The van der Waals surface area contributed by atoms with E-state index in [1.54, 1.807) is 19.4 Å². The fraction of sp³-hybridized carbons (Fsp3) is 0.231. The molecule has 4 nitrogen and oxygen atoms in total. The fourth-order valence-electron chi connectivity index (χ4n) is 1.36. The molecule has 4 heteroatoms. The molecule has 1 aromatic rings. The van der Waals surface area contributed by atoms with Crippen molar-refractivity contribution in [2.75, 3.05) is 7.11 Å². The molecule has 0 atom stereocenters. The third-order valence-electron chi connectivity index (χ3n) is 2.38. The van der Waals surface area contributed by atoms with Crippen LogP contribution in [0.4, 0.5) is 0 Å². The van der Waals surface area contributed by atoms with Gasteiger partial charge in [-0.3, -0.25) is 4.79 Å². The van der Waals surface area contributed by atoms with Gasteiger partial charge < -0.3 is 9.30 Å². The van der Waals surface area contributed by atoms with Crippen LogP contribution < -0.4 is 0 Å². The van der Waals surface area contributed by atoms with Crippen molar-refractivity contribution in [3.63, 3.8) is 0 Å². The first-order valence-electron chi connectivity index (χ1n) is 5.14. The lowest BCUT2D eigenvalue weighted by molar-refractivity contribution is -0.104. The molecule has 0 aromatic carbocycles. The number of aromatic nitrogens is 2. The summed E-state index contributed by atoms with van der Waals surface area (Å²) in [5.41, 5.74) is 1.18. The van der Waals surface area contributed by atoms with Crippen LogP contribution in [0.1, 0.15) is 5.82 Å². The molecule has 0 N–H and O–H groups in total. The Morgan fingerprint density at radius 3 is 2.76 bits per heavy atom. The fourth-order valence-corrected chi connectivity index (χ4v) is 1.36. The number of rotatable bonds is 6. The zero-order valence-electron chi connectivity index (χ0n) is 10.1. The molecule has 0 bridgehead atoms. The zero-order chi connectivity index (χ0) is 12.8. The highest BCUT2D eigenvalue weighted by Crippen LogP contribution is 2.14. The first kappa shape index (κ1) is 13.0. The quantitative estimate of drug-likeness (QED) is 0.326. The largest absolute Gasteiger partial charge is 0.497 e. The standard InChI is InChI=1S/C13H16N2O2/c1-10(9-16)7-13(11(2)17-4)8-15-6-5-14-12(15)3/h5-7,9H,1-2,8H2,3-4H3/b13-7-. The molecule has 0 radical (unpaired) electrons. The number of carbonyl (C=O) groups excluding carboxylic acids is 1. The van der Waals surface area contributed by atoms with Gasteiger partial charge in [-0.25, -0.2) is 4.98 Å². The van der Waals surface area contributed by atoms with Crippen molar-refractivity contribution >= 4 is 6.29 Å². The monoisotopic (exact) mass is 232 g/mol. The minimum absolute atomic E-state index is 0.385. The van der Waals surface area contributed by atoms with Crippen molar-refractivity contribution in [2.24, 2.45) is 0 Å². The normalized spacial score (nSPS) is 11.1. The molecular weight excluding hydrogens is 216 g/mol. The maximum Gasteiger partial charge on any atom is 0.149 e. The Hall–Kier alpha value is -2.10. The molecule has 1 heterocycles. The van der Waals surface area contributed by atoms with Crippen molar-refractivity contribution < 1.29 is 9.53 Å². The van der Waals surface area contributed by atoms with Gasteiger partial charge in [0.15, 0.2) is 0 Å². The topological polar surface area (TPSA) is 44.1 Å². The first-order valence-corrected chi connectivity index (χ1v) is 5.14. The van der Waals surface area contributed by atoms with Gasteiger partial charge in [-0.2, -0.15) is 0 Å². The van der Waals surface area contributed by atoms with E-state index in [4.69, 9.17) is 4.74 Å². The highest BCUT2D eigenvalue weighted by atomic mass is 16.5. The summed E-state index contributed by atoms with van der Waals surface area (Å²) >= 11 is 0. The lowest BCUT2D eigenvalue weighted by atomic mass is 10.1. The van der Waals surface area contributed by atoms with Crippen LogP contribution in [0, 0.1) is 6.92 Å². The molecule has 0 fully saturated rings. The summed E-state index contributed by atoms with van der Waals surface area (Å²) in [5.74, 6) is 1.40. The Labute approximate surface area is 101 Å². The number of carbonyl (C=O) groups is 1. The summed E-state index contributed by atoms with van der Waals surface area (Å²) < 4.78 is 7.03. The Morgan fingerprint density at radius 2 is 2.29 bits per heavy atom. The van der Waals surface area contributed by atoms with Gasteiger partial charge >= 0.3 is 0 Å². The van der Waals surface area contributed by atoms with Crippen LogP contribution in [0.3, 0.4) is 0 Å². The first-order chi connectivity index (χ1) is 8.08. The van der Waals surface area contributed by atoms with Gasteiger partial charge in [-0.05, 0) is 13.0 Å². The number of methoxy groups -OCH3 is 1. The number of hydrogen-bond acceptors (Lipinski definition) is 3. The van der Waals surface area contributed by atoms with Gasteiger partial charge in [-0.15, -0.1) is 0 Å². The predicted octanol–water partition coefficient (Wildman–Crippen LogP) is 2.03. The number of aldehydes is 1. The summed E-state index contributed by atoms with van der Waals surface area (Å²) in [5, 5.41) is 0. The number of hydrogen-bond donors (Lipinski definition) is 0. The van der Waals surface area contributed by atoms with E-state index in [9.17, 15) is 4.79 Å². The molecule has 0 saturated carbocycles. The van der Waals surface area contributed by atoms with E-state index in [0.717, 1.165) is 11.4 Å². The predicted molar refractivity (Wildman–Crippen MR) is 66.4 cm³/mol. The van der Waals surface area contributed by atoms with Crippen LogP contribution >= 0.6 is 0 Å². The molecule has 0 aliphatic heterocycles. The average Bonchev–Trinajstić information content (AvgIpc) is 2.73. The zero-order valence-corrected chi connectivity index (χ0v) is 10.1. The number of aryl methyl sites for hydroxylation is 1. The Balaban J connectivity index is 2.96. The number of ether oxygens (including phenoxy) is 1. The third-order valence-corrected chi connectivity index (χ3v) is 2.38. The maximum absolute atomic E-state index is 10.6. The molecule has 90 valence electrons. The Morgan fingerprint density at radius 1 is 1.59 bits per heavy atom. The van der Waals surface area contributed by atoms with E-state index < -0.39 is 0 Å². The van der Waals surface area contributed by atoms with Gasteiger partial charge in [0.1, 0.15) is 17.9 Å². The van der Waals surface area contributed by atoms with E-state index in [-0.39, 0.29) is 0 Å². The average molecular weight is 232 g/mol. The minimum atomic E-state index is 0.385. The van der Waals surface area contributed by atoms with Crippen molar-refractivity contribution in [1.82, 2.24) is 9.55 Å². The van der Waals surface area contributed by atoms with Crippen LogP contribution in [-0.2, 0) is 16.1 Å². The number of imidazole rings is 1. The second kappa shape index (κ2) is 5.84. The van der Waals surface area contributed by atoms with Gasteiger partial charge in [-0.1, -0.05) is 13.2 Å². The maximum atomic E-state index is 10.6. The van der Waals surface area contributed by atoms with Crippen LogP contribution in [0.15, 0.2) is 48.5 Å². The van der Waals surface area contributed by atoms with E-state index in [1.165, 1.54) is 0 Å². The molecule has 0 spiro atoms. The van der Waals surface area contributed by atoms with Crippen LogP contribution in [0.5, 0.6) is 0 Å². The lowest BCUT2D eigenvalue weighted by Crippen LogP contribution is -2.05. The van der Waals surface area contributed by atoms with Gasteiger partial charge in [0.05, 0.1) is 13.7 Å². The highest BCUT2D eigenvalue weighted by Gasteiger charge is 2.06. The van der Waals surface area contributed by atoms with Gasteiger partial charge in [0.25, 0.3) is 0 Å². The van der Waals surface area contributed by atoms with Gasteiger partial charge in [0.2, 0.25) is 0 Å². The molecule has 1 aromatic heterocycles. The van der Waals surface area contributed by atoms with E-state index in [0.29, 0.717) is 24.2 Å². The van der Waals surface area contributed by atoms with Crippen LogP contribution in [0.2, 0.25) is 0 Å². The van der Waals surface area contributed by atoms with Crippen molar-refractivity contribution in [2.45, 2.75) is 13.5 Å². The molecule has 0 aliphatic rings. The van der Waals surface area contributed by atoms with Crippen molar-refractivity contribution in [3.8, 4) is 0 Å². The van der Waals surface area contributed by atoms with Crippen molar-refractivity contribution in [3.05, 3.63) is 54.4 Å². The van der Waals surface area contributed by atoms with Crippen molar-refractivity contribution in [1.29, 1.82) is 0 Å². The summed E-state index contributed by atoms with van der Waals surface area (Å²) in [6.07, 6.45) is 5.94. The van der Waals surface area contributed by atoms with E-state index in [2.05, 4.69) is 18.1 Å². The second-order valence-electron chi connectivity index (χ2n) is 3.59. The van der Waals surface area contributed by atoms with Gasteiger partial charge in [0, 0.05) is 23.5 Å². The third kappa shape index (κ3) is 3.45. The molecule has 1 rings (SSSR count). The van der Waals surface area contributed by atoms with Crippen LogP contribution in [-0.4, -0.2) is 22.9 Å². The lowest BCUT2D eigenvalue weighted by Gasteiger charge is -2.11. The Kier molecular flexibility index (Phi) is 4.46. The molecule has 0 unspecified atom stereocenters. The van der Waals surface area contributed by atoms with E-state index in [1.807, 2.05) is 17.7 Å². The highest BCUT2D eigenvalue weighted by molar-refractivity contribution is 5.76. The summed E-state index contributed by atoms with van der Waals surface area (Å²) in [4.78, 5) is 14.7. The molecule has 17 heavy (non-hydrogen) atoms. The summed E-state index contributed by atoms with van der Waals surface area (Å²) in [7, 11) is 1.54. The SMILES string of the molecule is C=C(C=O)/C=C(/Cn1ccnc1C)C(=C)OC. The smallest absolute Gasteiger partial charge is 0.149 e. The molecule has 0 amide bonds. The molecular formula is C13H16N2O2.